The molecule has 154 valence electrons. The fourth-order valence-electron chi connectivity index (χ4n) is 5.19. The zero-order valence-corrected chi connectivity index (χ0v) is 19.8. The summed E-state index contributed by atoms with van der Waals surface area (Å²) in [6.45, 7) is 9.28. The predicted octanol–water partition coefficient (Wildman–Crippen LogP) is 7.28. The van der Waals surface area contributed by atoms with E-state index in [1.54, 1.807) is 6.26 Å². The van der Waals surface area contributed by atoms with Gasteiger partial charge in [-0.1, -0.05) is 37.3 Å². The lowest BCUT2D eigenvalue weighted by Crippen LogP contribution is -2.35. The van der Waals surface area contributed by atoms with Gasteiger partial charge in [-0.3, -0.25) is 0 Å². The number of aromatic nitrogens is 1. The number of aryl methyl sites for hydroxylation is 1. The Kier molecular flexibility index (Phi) is 4.34. The summed E-state index contributed by atoms with van der Waals surface area (Å²) in [5.74, 6) is 0.642. The number of nitrogens with zero attached hydrogens (tertiary/aromatic N) is 1. The van der Waals surface area contributed by atoms with Crippen molar-refractivity contribution in [1.29, 1.82) is 0 Å². The summed E-state index contributed by atoms with van der Waals surface area (Å²) in [5.41, 5.74) is 6.90. The summed E-state index contributed by atoms with van der Waals surface area (Å²) >= 11 is 0. The Bertz CT molecular complexity index is 1310. The summed E-state index contributed by atoms with van der Waals surface area (Å²) in [7, 11) is 1.11. The fourth-order valence-corrected chi connectivity index (χ4v) is 7.70. The Balaban J connectivity index is 1.69. The number of fused-ring (bicyclic) bond motifs is 2. The molecule has 5 rings (SSSR count). The van der Waals surface area contributed by atoms with E-state index in [1.807, 2.05) is 6.07 Å². The van der Waals surface area contributed by atoms with Crippen LogP contribution in [-0.4, -0.2) is 8.07 Å². The largest absolute Gasteiger partial charge is 0.464 e. The van der Waals surface area contributed by atoms with Gasteiger partial charge in [0.25, 0.3) is 0 Å². The molecule has 1 aliphatic heterocycles. The Labute approximate surface area is 182 Å². The lowest BCUT2D eigenvalue weighted by Gasteiger charge is -2.33. The second-order valence-electron chi connectivity index (χ2n) is 9.99. The molecule has 0 atom stereocenters. The van der Waals surface area contributed by atoms with Crippen molar-refractivity contribution in [2.45, 2.75) is 57.8 Å². The normalized spacial score (nSPS) is 17.6. The third-order valence-electron chi connectivity index (χ3n) is 7.32. The number of hydrogen-bond acceptors (Lipinski definition) is 1. The molecule has 0 radical (unpaired) electrons. The SMILES string of the molecule is [2H]c1c(C)[n+](C)c(-c2cc3occc3cc2C)c2ccc(C3CC[Si](C)(C)CC3)cc12. The minimum Gasteiger partial charge on any atom is -0.464 e. The van der Waals surface area contributed by atoms with Crippen LogP contribution >= 0.6 is 0 Å². The van der Waals surface area contributed by atoms with E-state index in [0.717, 1.165) is 27.4 Å². The standard InChI is InChI=1S/C27H32NOSi/c1-18-14-22-8-11-29-26(22)17-25(18)27-24-7-6-21(16-23(24)15-19(2)28(27)3)20-9-12-30(4,5)13-10-20/h6-8,11,14-17,20H,9-10,12-13H2,1-5H3/q+1/i15D. The maximum Gasteiger partial charge on any atom is 0.220 e. The Morgan fingerprint density at radius 2 is 1.80 bits per heavy atom. The quantitative estimate of drug-likeness (QED) is 0.248. The van der Waals surface area contributed by atoms with Crippen molar-refractivity contribution in [3.8, 4) is 11.3 Å². The van der Waals surface area contributed by atoms with Crippen molar-refractivity contribution in [3.05, 3.63) is 65.5 Å². The molecule has 0 saturated carbocycles. The Hall–Kier alpha value is -2.39. The highest BCUT2D eigenvalue weighted by Gasteiger charge is 2.29. The van der Waals surface area contributed by atoms with Crippen LogP contribution in [0.4, 0.5) is 0 Å². The van der Waals surface area contributed by atoms with E-state index in [-0.39, 0.29) is 0 Å². The van der Waals surface area contributed by atoms with E-state index < -0.39 is 8.07 Å². The van der Waals surface area contributed by atoms with Crippen molar-refractivity contribution < 1.29 is 10.4 Å². The highest BCUT2D eigenvalue weighted by atomic mass is 28.3. The summed E-state index contributed by atoms with van der Waals surface area (Å²) in [5, 5.41) is 3.36. The minimum atomic E-state index is -0.972. The molecule has 0 aliphatic carbocycles. The molecule has 1 saturated heterocycles. The highest BCUT2D eigenvalue weighted by molar-refractivity contribution is 6.77. The lowest BCUT2D eigenvalue weighted by molar-refractivity contribution is -0.665. The van der Waals surface area contributed by atoms with E-state index in [4.69, 9.17) is 5.79 Å². The van der Waals surface area contributed by atoms with Crippen molar-refractivity contribution in [3.63, 3.8) is 0 Å². The van der Waals surface area contributed by atoms with E-state index in [2.05, 4.69) is 68.9 Å². The molecule has 2 aromatic carbocycles. The minimum absolute atomic E-state index is 0.642. The molecule has 2 nitrogen and oxygen atoms in total. The van der Waals surface area contributed by atoms with Crippen LogP contribution in [0, 0.1) is 13.8 Å². The monoisotopic (exact) mass is 415 g/mol. The molecule has 0 spiro atoms. The average molecular weight is 416 g/mol. The second-order valence-corrected chi connectivity index (χ2v) is 15.3. The van der Waals surface area contributed by atoms with Gasteiger partial charge in [0.2, 0.25) is 5.69 Å². The molecular formula is C27H32NOSi+. The van der Waals surface area contributed by atoms with Gasteiger partial charge < -0.3 is 4.42 Å². The first kappa shape index (κ1) is 18.4. The van der Waals surface area contributed by atoms with Gasteiger partial charge >= 0.3 is 0 Å². The zero-order chi connectivity index (χ0) is 21.9. The van der Waals surface area contributed by atoms with Crippen LogP contribution in [0.5, 0.6) is 0 Å². The molecule has 0 unspecified atom stereocenters. The van der Waals surface area contributed by atoms with Crippen LogP contribution in [0.2, 0.25) is 25.2 Å². The van der Waals surface area contributed by atoms with Crippen LogP contribution < -0.4 is 4.57 Å². The lowest BCUT2D eigenvalue weighted by atomic mass is 9.90. The van der Waals surface area contributed by atoms with E-state index >= 15 is 0 Å². The molecule has 1 fully saturated rings. The number of benzene rings is 2. The molecule has 1 aliphatic rings. The topological polar surface area (TPSA) is 17.0 Å². The maximum absolute atomic E-state index is 8.89. The van der Waals surface area contributed by atoms with Crippen molar-refractivity contribution >= 4 is 29.8 Å². The van der Waals surface area contributed by atoms with Gasteiger partial charge in [0.1, 0.15) is 12.6 Å². The third kappa shape index (κ3) is 3.29. The van der Waals surface area contributed by atoms with Crippen molar-refractivity contribution in [2.24, 2.45) is 7.05 Å². The van der Waals surface area contributed by atoms with E-state index in [0.29, 0.717) is 12.0 Å². The van der Waals surface area contributed by atoms with Gasteiger partial charge in [-0.15, -0.1) is 0 Å². The Morgan fingerprint density at radius 1 is 1.03 bits per heavy atom. The van der Waals surface area contributed by atoms with Crippen LogP contribution in [0.25, 0.3) is 33.0 Å². The van der Waals surface area contributed by atoms with Gasteiger partial charge in [0.05, 0.1) is 18.6 Å². The fraction of sp³-hybridized carbons (Fsp3) is 0.370. The first-order chi connectivity index (χ1) is 14.7. The number of hydrogen-bond donors (Lipinski definition) is 0. The Morgan fingerprint density at radius 3 is 2.57 bits per heavy atom. The zero-order valence-electron chi connectivity index (χ0n) is 19.8. The van der Waals surface area contributed by atoms with E-state index in [9.17, 15) is 0 Å². The average Bonchev–Trinajstić information content (AvgIpc) is 3.19. The summed E-state index contributed by atoms with van der Waals surface area (Å²) in [6, 6.07) is 16.8. The van der Waals surface area contributed by atoms with Gasteiger partial charge in [-0.05, 0) is 66.5 Å². The van der Waals surface area contributed by atoms with E-state index in [1.165, 1.54) is 47.3 Å². The molecule has 2 aromatic heterocycles. The first-order valence-corrected chi connectivity index (χ1v) is 14.6. The molecule has 3 heteroatoms. The summed E-state index contributed by atoms with van der Waals surface area (Å²) in [4.78, 5) is 0. The summed E-state index contributed by atoms with van der Waals surface area (Å²) in [6.07, 6.45) is 4.36. The van der Waals surface area contributed by atoms with Crippen LogP contribution in [0.1, 0.15) is 37.0 Å². The van der Waals surface area contributed by atoms with Gasteiger partial charge in [-0.2, -0.15) is 4.57 Å². The number of pyridine rings is 1. The third-order valence-corrected chi connectivity index (χ3v) is 10.6. The van der Waals surface area contributed by atoms with Gasteiger partial charge in [0.15, 0.2) is 5.69 Å². The van der Waals surface area contributed by atoms with Gasteiger partial charge in [0, 0.05) is 26.4 Å². The first-order valence-electron chi connectivity index (χ1n) is 11.7. The second kappa shape index (κ2) is 7.09. The number of rotatable bonds is 2. The highest BCUT2D eigenvalue weighted by Crippen LogP contribution is 2.40. The van der Waals surface area contributed by atoms with Crippen LogP contribution in [-0.2, 0) is 7.05 Å². The predicted molar refractivity (Wildman–Crippen MR) is 129 cm³/mol. The molecule has 3 heterocycles. The number of furan rings is 1. The summed E-state index contributed by atoms with van der Waals surface area (Å²) < 4.78 is 16.8. The molecule has 0 amide bonds. The molecular weight excluding hydrogens is 382 g/mol. The molecule has 4 aromatic rings. The molecule has 0 N–H and O–H groups in total. The maximum atomic E-state index is 8.89. The smallest absolute Gasteiger partial charge is 0.220 e. The van der Waals surface area contributed by atoms with Crippen LogP contribution in [0.15, 0.2) is 53.1 Å². The van der Waals surface area contributed by atoms with Gasteiger partial charge in [-0.25, -0.2) is 0 Å². The van der Waals surface area contributed by atoms with Crippen molar-refractivity contribution in [1.82, 2.24) is 0 Å². The van der Waals surface area contributed by atoms with Crippen molar-refractivity contribution in [2.75, 3.05) is 0 Å². The molecule has 0 bridgehead atoms. The molecule has 30 heavy (non-hydrogen) atoms. The van der Waals surface area contributed by atoms with Crippen LogP contribution in [0.3, 0.4) is 0 Å².